The van der Waals surface area contributed by atoms with Gasteiger partial charge in [0.2, 0.25) is 0 Å². The first-order chi connectivity index (χ1) is 12.0. The predicted molar refractivity (Wildman–Crippen MR) is 104 cm³/mol. The van der Waals surface area contributed by atoms with Crippen LogP contribution in [0.15, 0.2) is 6.20 Å². The Morgan fingerprint density at radius 2 is 2.04 bits per heavy atom. The first-order valence-electron chi connectivity index (χ1n) is 9.64. The minimum Gasteiger partial charge on any atom is -0.444 e. The molecule has 1 aliphatic carbocycles. The van der Waals surface area contributed by atoms with Crippen LogP contribution in [0, 0.1) is 5.92 Å². The number of amides is 1. The van der Waals surface area contributed by atoms with Crippen LogP contribution in [0.4, 0.5) is 4.79 Å². The Kier molecular flexibility index (Phi) is 5.23. The highest BCUT2D eigenvalue weighted by atomic mass is 28.3. The molecule has 2 unspecified atom stereocenters. The molecule has 26 heavy (non-hydrogen) atoms. The summed E-state index contributed by atoms with van der Waals surface area (Å²) in [6, 6.07) is 1.17. The van der Waals surface area contributed by atoms with Crippen molar-refractivity contribution in [3.63, 3.8) is 0 Å². The summed E-state index contributed by atoms with van der Waals surface area (Å²) >= 11 is 0. The first-order valence-corrected chi connectivity index (χ1v) is 13.3. The van der Waals surface area contributed by atoms with Gasteiger partial charge in [0.1, 0.15) is 12.3 Å². The summed E-state index contributed by atoms with van der Waals surface area (Å²) in [5.74, 6) is 0.857. The van der Waals surface area contributed by atoms with Crippen LogP contribution in [-0.4, -0.2) is 54.1 Å². The van der Waals surface area contributed by atoms with Gasteiger partial charge in [-0.25, -0.2) is 9.48 Å². The molecule has 0 aromatic carbocycles. The summed E-state index contributed by atoms with van der Waals surface area (Å²) in [4.78, 5) is 14.2. The molecule has 0 spiro atoms. The lowest BCUT2D eigenvalue weighted by Gasteiger charge is -2.24. The molecule has 1 amide bonds. The quantitative estimate of drug-likeness (QED) is 0.578. The van der Waals surface area contributed by atoms with Gasteiger partial charge in [0.15, 0.2) is 0 Å². The highest BCUT2D eigenvalue weighted by molar-refractivity contribution is 6.76. The van der Waals surface area contributed by atoms with E-state index in [2.05, 4.69) is 25.8 Å². The number of carbonyl (C=O) groups is 1. The molecular formula is C19H33N3O3Si. The molecular weight excluding hydrogens is 346 g/mol. The topological polar surface area (TPSA) is 56.6 Å². The molecule has 2 atom stereocenters. The average molecular weight is 380 g/mol. The van der Waals surface area contributed by atoms with Gasteiger partial charge in [0, 0.05) is 39.9 Å². The summed E-state index contributed by atoms with van der Waals surface area (Å²) in [5.41, 5.74) is 2.02. The third-order valence-corrected chi connectivity index (χ3v) is 6.74. The highest BCUT2D eigenvalue weighted by Crippen LogP contribution is 2.42. The number of carbonyl (C=O) groups excluding carboxylic acids is 1. The first kappa shape index (κ1) is 19.4. The Morgan fingerprint density at radius 3 is 2.69 bits per heavy atom. The van der Waals surface area contributed by atoms with Gasteiger partial charge in [0.25, 0.3) is 0 Å². The second-order valence-electron chi connectivity index (χ2n) is 9.87. The Hall–Kier alpha value is -1.34. The van der Waals surface area contributed by atoms with Gasteiger partial charge in [0.05, 0.1) is 5.69 Å². The molecule has 3 rings (SSSR count). The fraction of sp³-hybridized carbons (Fsp3) is 0.789. The summed E-state index contributed by atoms with van der Waals surface area (Å²) in [5, 5.41) is 4.70. The smallest absolute Gasteiger partial charge is 0.410 e. The largest absolute Gasteiger partial charge is 0.444 e. The van der Waals surface area contributed by atoms with E-state index in [-0.39, 0.29) is 6.09 Å². The van der Waals surface area contributed by atoms with E-state index in [1.807, 2.05) is 30.4 Å². The fourth-order valence-electron chi connectivity index (χ4n) is 3.70. The molecule has 1 aromatic heterocycles. The van der Waals surface area contributed by atoms with E-state index in [9.17, 15) is 4.79 Å². The lowest BCUT2D eigenvalue weighted by Crippen LogP contribution is -2.35. The van der Waals surface area contributed by atoms with Gasteiger partial charge >= 0.3 is 6.09 Å². The second-order valence-corrected chi connectivity index (χ2v) is 15.5. The average Bonchev–Trinajstić information content (AvgIpc) is 3.10. The van der Waals surface area contributed by atoms with Crippen LogP contribution < -0.4 is 0 Å². The van der Waals surface area contributed by atoms with Crippen molar-refractivity contribution < 1.29 is 14.3 Å². The zero-order valence-electron chi connectivity index (χ0n) is 17.0. The van der Waals surface area contributed by atoms with Crippen LogP contribution in [0.3, 0.4) is 0 Å². The lowest BCUT2D eigenvalue weighted by atomic mass is 9.98. The van der Waals surface area contributed by atoms with Crippen molar-refractivity contribution in [2.24, 2.45) is 5.92 Å². The van der Waals surface area contributed by atoms with E-state index in [1.165, 1.54) is 17.3 Å². The summed E-state index contributed by atoms with van der Waals surface area (Å²) < 4.78 is 13.2. The molecule has 7 heteroatoms. The zero-order chi connectivity index (χ0) is 19.1. The summed E-state index contributed by atoms with van der Waals surface area (Å²) in [7, 11) is -1.05. The molecule has 2 aliphatic rings. The fourth-order valence-corrected chi connectivity index (χ4v) is 4.46. The van der Waals surface area contributed by atoms with Crippen LogP contribution in [0.2, 0.25) is 25.7 Å². The van der Waals surface area contributed by atoms with Crippen molar-refractivity contribution in [3.05, 3.63) is 17.5 Å². The third kappa shape index (κ3) is 4.68. The second kappa shape index (κ2) is 7.00. The number of ether oxygens (including phenoxy) is 2. The molecule has 2 heterocycles. The molecule has 6 nitrogen and oxygen atoms in total. The van der Waals surface area contributed by atoms with Crippen LogP contribution in [0.5, 0.6) is 0 Å². The van der Waals surface area contributed by atoms with E-state index < -0.39 is 13.7 Å². The SMILES string of the molecule is CC(C)(C)OC(=O)N1CC2Cc3nn(COCC[Si](C)(C)C)cc3C2C1. The van der Waals surface area contributed by atoms with Crippen LogP contribution in [-0.2, 0) is 22.6 Å². The summed E-state index contributed by atoms with van der Waals surface area (Å²) in [6.07, 6.45) is 2.87. The molecule has 0 radical (unpaired) electrons. The van der Waals surface area contributed by atoms with Gasteiger partial charge in [-0.15, -0.1) is 0 Å². The molecule has 1 aromatic rings. The van der Waals surface area contributed by atoms with Crippen molar-refractivity contribution >= 4 is 14.2 Å². The normalized spacial score (nSPS) is 22.5. The number of aromatic nitrogens is 2. The van der Waals surface area contributed by atoms with Crippen molar-refractivity contribution in [2.75, 3.05) is 19.7 Å². The summed E-state index contributed by atoms with van der Waals surface area (Å²) in [6.45, 7) is 15.6. The predicted octanol–water partition coefficient (Wildman–Crippen LogP) is 3.70. The number of rotatable bonds is 5. The molecule has 1 saturated heterocycles. The molecule has 0 bridgehead atoms. The van der Waals surface area contributed by atoms with Crippen molar-refractivity contribution in [1.29, 1.82) is 0 Å². The Labute approximate surface area is 157 Å². The van der Waals surface area contributed by atoms with Gasteiger partial charge in [-0.3, -0.25) is 0 Å². The van der Waals surface area contributed by atoms with Crippen LogP contribution in [0.25, 0.3) is 0 Å². The molecule has 0 saturated carbocycles. The molecule has 1 aliphatic heterocycles. The third-order valence-electron chi connectivity index (χ3n) is 5.04. The maximum absolute atomic E-state index is 12.3. The highest BCUT2D eigenvalue weighted by Gasteiger charge is 2.44. The van der Waals surface area contributed by atoms with Gasteiger partial charge in [-0.05, 0) is 44.7 Å². The van der Waals surface area contributed by atoms with E-state index in [0.717, 1.165) is 26.1 Å². The van der Waals surface area contributed by atoms with Gasteiger partial charge in [-0.1, -0.05) is 19.6 Å². The number of fused-ring (bicyclic) bond motifs is 3. The van der Waals surface area contributed by atoms with Crippen molar-refractivity contribution in [3.8, 4) is 0 Å². The van der Waals surface area contributed by atoms with Gasteiger partial charge in [-0.2, -0.15) is 5.10 Å². The van der Waals surface area contributed by atoms with Crippen LogP contribution >= 0.6 is 0 Å². The molecule has 146 valence electrons. The number of hydrogen-bond acceptors (Lipinski definition) is 4. The number of hydrogen-bond donors (Lipinski definition) is 0. The Bertz CT molecular complexity index is 660. The minimum absolute atomic E-state index is 0.199. The van der Waals surface area contributed by atoms with Gasteiger partial charge < -0.3 is 14.4 Å². The van der Waals surface area contributed by atoms with E-state index in [4.69, 9.17) is 14.6 Å². The minimum atomic E-state index is -1.05. The van der Waals surface area contributed by atoms with Crippen molar-refractivity contribution in [2.45, 2.75) is 71.1 Å². The monoisotopic (exact) mass is 379 g/mol. The Morgan fingerprint density at radius 1 is 1.31 bits per heavy atom. The lowest BCUT2D eigenvalue weighted by molar-refractivity contribution is 0.0285. The molecule has 1 fully saturated rings. The van der Waals surface area contributed by atoms with E-state index in [1.54, 1.807) is 0 Å². The zero-order valence-corrected chi connectivity index (χ0v) is 18.0. The number of likely N-dealkylation sites (tertiary alicyclic amines) is 1. The standard InChI is InChI=1S/C19H33N3O3Si/c1-19(2,3)25-18(23)21-10-14-9-17-16(15(14)11-21)12-22(20-17)13-24-7-8-26(4,5)6/h12,14-15H,7-11,13H2,1-6H3. The van der Waals surface area contributed by atoms with E-state index >= 15 is 0 Å². The number of nitrogens with zero attached hydrogens (tertiary/aromatic N) is 3. The van der Waals surface area contributed by atoms with Crippen LogP contribution in [0.1, 0.15) is 37.9 Å². The molecule has 0 N–H and O–H groups in total. The van der Waals surface area contributed by atoms with E-state index in [0.29, 0.717) is 18.6 Å². The maximum Gasteiger partial charge on any atom is 0.410 e. The van der Waals surface area contributed by atoms with Crippen molar-refractivity contribution in [1.82, 2.24) is 14.7 Å². The maximum atomic E-state index is 12.3. The Balaban J connectivity index is 1.54.